The van der Waals surface area contributed by atoms with Gasteiger partial charge in [0.15, 0.2) is 7.14 Å². The molecule has 5 rings (SSSR count). The molecule has 0 saturated heterocycles. The van der Waals surface area contributed by atoms with Gasteiger partial charge in [0.05, 0.1) is 18.0 Å². The second kappa shape index (κ2) is 8.89. The second-order valence-electron chi connectivity index (χ2n) is 7.56. The zero-order valence-corrected chi connectivity index (χ0v) is 20.5. The third kappa shape index (κ3) is 3.79. The van der Waals surface area contributed by atoms with E-state index >= 15 is 0 Å². The zero-order valence-electron chi connectivity index (χ0n) is 17.3. The Morgan fingerprint density at radius 3 is 1.77 bits per heavy atom. The van der Waals surface area contributed by atoms with E-state index in [9.17, 15) is 4.57 Å². The molecule has 0 saturated carbocycles. The highest BCUT2D eigenvalue weighted by Crippen LogP contribution is 2.44. The van der Waals surface area contributed by atoms with Crippen molar-refractivity contribution < 1.29 is 4.57 Å². The van der Waals surface area contributed by atoms with Crippen molar-refractivity contribution in [2.45, 2.75) is 0 Å². The van der Waals surface area contributed by atoms with Gasteiger partial charge in [0.25, 0.3) is 0 Å². The molecule has 31 heavy (non-hydrogen) atoms. The number of hydrogen-bond donors (Lipinski definition) is 0. The van der Waals surface area contributed by atoms with Crippen LogP contribution in [-0.4, -0.2) is 13.7 Å². The van der Waals surface area contributed by atoms with Crippen molar-refractivity contribution in [1.82, 2.24) is 0 Å². The maximum absolute atomic E-state index is 14.7. The monoisotopic (exact) mass is 538 g/mol. The van der Waals surface area contributed by atoms with Gasteiger partial charge in [0, 0.05) is 28.6 Å². The summed E-state index contributed by atoms with van der Waals surface area (Å²) in [6.07, 6.45) is 0. The summed E-state index contributed by atoms with van der Waals surface area (Å²) in [5.74, 6) is 0. The smallest absolute Gasteiger partial charge is 0.171 e. The summed E-state index contributed by atoms with van der Waals surface area (Å²) in [5, 5.41) is 2.56. The fraction of sp³-hybridized carbons (Fsp3) is 0.0769. The number of benzene rings is 4. The third-order valence-corrected chi connectivity index (χ3v) is 8.74. The Balaban J connectivity index is 0.00000231. The summed E-state index contributed by atoms with van der Waals surface area (Å²) in [7, 11) is -0.885. The predicted octanol–water partition coefficient (Wildman–Crippen LogP) is 5.49. The van der Waals surface area contributed by atoms with E-state index in [1.54, 1.807) is 0 Å². The molecule has 1 heterocycles. The molecule has 0 bridgehead atoms. The lowest BCUT2D eigenvalue weighted by Crippen LogP contribution is -2.27. The zero-order chi connectivity index (χ0) is 20.6. The largest absolute Gasteiger partial charge is 0.355 e. The van der Waals surface area contributed by atoms with Gasteiger partial charge in [0.2, 0.25) is 0 Å². The number of rotatable bonds is 4. The van der Waals surface area contributed by atoms with E-state index in [-0.39, 0.29) is 24.0 Å². The van der Waals surface area contributed by atoms with Crippen LogP contribution < -0.4 is 25.7 Å². The van der Waals surface area contributed by atoms with Crippen molar-refractivity contribution in [3.63, 3.8) is 0 Å². The van der Waals surface area contributed by atoms with Gasteiger partial charge in [0.1, 0.15) is 0 Å². The standard InChI is InChI=1S/C26H23N2OP.HI/c1-27-20-28(26-18-9-8-17-25(26)27)21-11-10-16-24(19-21)30(29,22-12-4-2-5-13-22)23-14-6-3-7-15-23;/h2-19H,20H2,1H3;1H. The number of para-hydroxylation sites is 2. The van der Waals surface area contributed by atoms with Gasteiger partial charge in [-0.3, -0.25) is 0 Å². The van der Waals surface area contributed by atoms with Crippen molar-refractivity contribution in [3.05, 3.63) is 109 Å². The maximum Gasteiger partial charge on any atom is 0.171 e. The first-order valence-electron chi connectivity index (χ1n) is 10.1. The molecule has 0 radical (unpaired) electrons. The maximum atomic E-state index is 14.7. The average molecular weight is 538 g/mol. The van der Waals surface area contributed by atoms with E-state index in [1.807, 2.05) is 72.8 Å². The molecule has 0 unspecified atom stereocenters. The van der Waals surface area contributed by atoms with Crippen LogP contribution in [0.25, 0.3) is 0 Å². The van der Waals surface area contributed by atoms with E-state index in [2.05, 4.69) is 53.2 Å². The normalized spacial score (nSPS) is 12.9. The summed E-state index contributed by atoms with van der Waals surface area (Å²) in [4.78, 5) is 4.51. The molecule has 156 valence electrons. The summed E-state index contributed by atoms with van der Waals surface area (Å²) in [6, 6.07) is 36.3. The van der Waals surface area contributed by atoms with Crippen molar-refractivity contribution in [2.75, 3.05) is 23.5 Å². The second-order valence-corrected chi connectivity index (χ2v) is 10.3. The van der Waals surface area contributed by atoms with Crippen LogP contribution in [0.5, 0.6) is 0 Å². The Labute approximate surface area is 200 Å². The Hall–Kier alpha value is -2.56. The van der Waals surface area contributed by atoms with Gasteiger partial charge in [-0.25, -0.2) is 0 Å². The summed E-state index contributed by atoms with van der Waals surface area (Å²) >= 11 is 0. The van der Waals surface area contributed by atoms with Crippen LogP contribution >= 0.6 is 31.1 Å². The Morgan fingerprint density at radius 1 is 0.645 bits per heavy atom. The minimum absolute atomic E-state index is 0. The van der Waals surface area contributed by atoms with Crippen LogP contribution in [0.1, 0.15) is 0 Å². The van der Waals surface area contributed by atoms with Crippen LogP contribution in [0.3, 0.4) is 0 Å². The molecule has 3 nitrogen and oxygen atoms in total. The lowest BCUT2D eigenvalue weighted by Gasteiger charge is -2.24. The molecule has 0 fully saturated rings. The number of nitrogens with zero attached hydrogens (tertiary/aromatic N) is 2. The topological polar surface area (TPSA) is 23.6 Å². The predicted molar refractivity (Wildman–Crippen MR) is 143 cm³/mol. The van der Waals surface area contributed by atoms with Gasteiger partial charge in [-0.05, 0) is 24.3 Å². The van der Waals surface area contributed by atoms with E-state index in [1.165, 1.54) is 11.4 Å². The van der Waals surface area contributed by atoms with Gasteiger partial charge in [-0.15, -0.1) is 24.0 Å². The lowest BCUT2D eigenvalue weighted by atomic mass is 10.2. The molecule has 0 N–H and O–H groups in total. The first-order chi connectivity index (χ1) is 14.7. The van der Waals surface area contributed by atoms with Crippen LogP contribution in [0.4, 0.5) is 17.1 Å². The Kier molecular flexibility index (Phi) is 6.22. The lowest BCUT2D eigenvalue weighted by molar-refractivity contribution is 0.592. The summed E-state index contributed by atoms with van der Waals surface area (Å²) < 4.78 is 14.7. The fourth-order valence-electron chi connectivity index (χ4n) is 4.18. The molecule has 0 atom stereocenters. The number of anilines is 3. The Bertz CT molecular complexity index is 1190. The van der Waals surface area contributed by atoms with Gasteiger partial charge < -0.3 is 14.4 Å². The highest BCUT2D eigenvalue weighted by Gasteiger charge is 2.31. The SMILES string of the molecule is CN1CN(c2cccc(P(=O)(c3ccccc3)c3ccccc3)c2)c2ccccc21.I. The minimum Gasteiger partial charge on any atom is -0.355 e. The number of halogens is 1. The van der Waals surface area contributed by atoms with Crippen LogP contribution in [0, 0.1) is 0 Å². The molecule has 4 aromatic rings. The first kappa shape index (κ1) is 21.7. The molecule has 1 aliphatic rings. The highest BCUT2D eigenvalue weighted by molar-refractivity contribution is 14.0. The van der Waals surface area contributed by atoms with Crippen molar-refractivity contribution in [1.29, 1.82) is 0 Å². The van der Waals surface area contributed by atoms with Crippen LogP contribution in [0.2, 0.25) is 0 Å². The molecule has 0 amide bonds. The highest BCUT2D eigenvalue weighted by atomic mass is 127. The fourth-order valence-corrected chi connectivity index (χ4v) is 6.87. The van der Waals surface area contributed by atoms with Gasteiger partial charge >= 0.3 is 0 Å². The quantitative estimate of drug-likeness (QED) is 0.254. The summed E-state index contributed by atoms with van der Waals surface area (Å²) in [5.41, 5.74) is 3.43. The van der Waals surface area contributed by atoms with E-state index in [0.29, 0.717) is 0 Å². The summed E-state index contributed by atoms with van der Waals surface area (Å²) in [6.45, 7) is 0.768. The van der Waals surface area contributed by atoms with Gasteiger partial charge in [-0.1, -0.05) is 84.9 Å². The molecule has 0 spiro atoms. The molecular formula is C26H24IN2OP. The minimum atomic E-state index is -2.98. The Morgan fingerprint density at radius 2 is 1.16 bits per heavy atom. The van der Waals surface area contributed by atoms with E-state index < -0.39 is 7.14 Å². The van der Waals surface area contributed by atoms with Gasteiger partial charge in [-0.2, -0.15) is 0 Å². The van der Waals surface area contributed by atoms with Crippen LogP contribution in [0.15, 0.2) is 109 Å². The van der Waals surface area contributed by atoms with Crippen molar-refractivity contribution in [3.8, 4) is 0 Å². The molecular weight excluding hydrogens is 514 g/mol. The molecule has 5 heteroatoms. The number of hydrogen-bond acceptors (Lipinski definition) is 3. The van der Waals surface area contributed by atoms with Crippen molar-refractivity contribution in [2.24, 2.45) is 0 Å². The molecule has 1 aliphatic heterocycles. The van der Waals surface area contributed by atoms with Crippen molar-refractivity contribution >= 4 is 64.1 Å². The van der Waals surface area contributed by atoms with E-state index in [0.717, 1.165) is 28.3 Å². The van der Waals surface area contributed by atoms with Crippen LogP contribution in [-0.2, 0) is 4.57 Å². The number of fused-ring (bicyclic) bond motifs is 1. The first-order valence-corrected chi connectivity index (χ1v) is 11.8. The molecule has 0 aromatic heterocycles. The average Bonchev–Trinajstić information content (AvgIpc) is 3.16. The van der Waals surface area contributed by atoms with E-state index in [4.69, 9.17) is 0 Å². The third-order valence-electron chi connectivity index (χ3n) is 5.68. The molecule has 4 aromatic carbocycles. The molecule has 0 aliphatic carbocycles.